The van der Waals surface area contributed by atoms with Crippen LogP contribution in [0.15, 0.2) is 70.7 Å². The van der Waals surface area contributed by atoms with Gasteiger partial charge in [-0.3, -0.25) is 0 Å². The molecule has 0 heterocycles. The Labute approximate surface area is 149 Å². The number of benzene rings is 2. The highest BCUT2D eigenvalue weighted by Crippen LogP contribution is 2.44. The molecule has 0 saturated heterocycles. The fourth-order valence-corrected chi connectivity index (χ4v) is 3.29. The Balaban J connectivity index is 1.95. The van der Waals surface area contributed by atoms with E-state index < -0.39 is 5.97 Å². The van der Waals surface area contributed by atoms with E-state index in [0.29, 0.717) is 6.42 Å². The molecule has 1 aliphatic carbocycles. The number of allylic oxidation sites excluding steroid dienone is 4. The predicted molar refractivity (Wildman–Crippen MR) is 95.3 cm³/mol. The summed E-state index contributed by atoms with van der Waals surface area (Å²) in [5.74, 6) is -0.838. The van der Waals surface area contributed by atoms with Crippen LogP contribution in [0.4, 0.5) is 0 Å². The molecule has 0 spiro atoms. The zero-order valence-electron chi connectivity index (χ0n) is 12.9. The molecule has 0 amide bonds. The molecule has 0 aliphatic heterocycles. The summed E-state index contributed by atoms with van der Waals surface area (Å²) in [5, 5.41) is 20.4. The van der Waals surface area contributed by atoms with Gasteiger partial charge in [0.15, 0.2) is 0 Å². The highest BCUT2D eigenvalue weighted by molar-refractivity contribution is 9.10. The maximum absolute atomic E-state index is 10.8. The lowest BCUT2D eigenvalue weighted by atomic mass is 9.83. The summed E-state index contributed by atoms with van der Waals surface area (Å²) >= 11 is 3.44. The lowest BCUT2D eigenvalue weighted by molar-refractivity contribution is -0.305. The first-order valence-corrected chi connectivity index (χ1v) is 8.49. The predicted octanol–water partition coefficient (Wildman–Crippen LogP) is 3.79. The van der Waals surface area contributed by atoms with Gasteiger partial charge in [-0.05, 0) is 53.8 Å². The second-order valence-corrected chi connectivity index (χ2v) is 6.68. The van der Waals surface area contributed by atoms with E-state index in [4.69, 9.17) is 0 Å². The standard InChI is InChI=1S/C20H17BrO3/c21-16-7-1-13(2-8-16)18-11-5-15(6-12-19(23)24)20(18)14-3-9-17(22)10-4-14/h1-5,7-11,20,22H,6,12H2,(H,23,24)/p-1/t20-/m1/s1. The maximum atomic E-state index is 10.8. The topological polar surface area (TPSA) is 60.4 Å². The molecule has 4 heteroatoms. The van der Waals surface area contributed by atoms with Crippen LogP contribution in [0.2, 0.25) is 0 Å². The van der Waals surface area contributed by atoms with Crippen molar-refractivity contribution < 1.29 is 15.0 Å². The molecule has 3 nitrogen and oxygen atoms in total. The smallest absolute Gasteiger partial charge is 0.115 e. The molecule has 1 aliphatic rings. The molecule has 0 unspecified atom stereocenters. The fraction of sp³-hybridized carbons (Fsp3) is 0.150. The summed E-state index contributed by atoms with van der Waals surface area (Å²) in [6, 6.07) is 15.1. The summed E-state index contributed by atoms with van der Waals surface area (Å²) in [4.78, 5) is 10.8. The van der Waals surface area contributed by atoms with Crippen molar-refractivity contribution in [3.05, 3.63) is 81.9 Å². The third-order valence-corrected chi connectivity index (χ3v) is 4.71. The molecule has 0 saturated carbocycles. The number of halogens is 1. The van der Waals surface area contributed by atoms with Crippen LogP contribution in [0.3, 0.4) is 0 Å². The van der Waals surface area contributed by atoms with Crippen LogP contribution < -0.4 is 5.11 Å². The highest BCUT2D eigenvalue weighted by atomic mass is 79.9. The maximum Gasteiger partial charge on any atom is 0.115 e. The molecule has 0 aromatic heterocycles. The van der Waals surface area contributed by atoms with Gasteiger partial charge in [0.25, 0.3) is 0 Å². The summed E-state index contributed by atoms with van der Waals surface area (Å²) < 4.78 is 1.01. The van der Waals surface area contributed by atoms with Gasteiger partial charge in [-0.2, -0.15) is 0 Å². The van der Waals surface area contributed by atoms with Crippen LogP contribution in [-0.2, 0) is 4.79 Å². The van der Waals surface area contributed by atoms with E-state index >= 15 is 0 Å². The number of phenols is 1. The van der Waals surface area contributed by atoms with Gasteiger partial charge < -0.3 is 15.0 Å². The van der Waals surface area contributed by atoms with Crippen LogP contribution in [0.1, 0.15) is 29.9 Å². The van der Waals surface area contributed by atoms with Crippen molar-refractivity contribution in [3.8, 4) is 5.75 Å². The number of carbonyl (C=O) groups is 1. The molecular formula is C20H16BrO3-. The Kier molecular flexibility index (Phi) is 4.86. The summed E-state index contributed by atoms with van der Waals surface area (Å²) in [7, 11) is 0. The molecule has 0 radical (unpaired) electrons. The molecule has 0 fully saturated rings. The van der Waals surface area contributed by atoms with Gasteiger partial charge in [-0.25, -0.2) is 0 Å². The number of carboxylic acid groups (broad SMARTS) is 1. The van der Waals surface area contributed by atoms with Gasteiger partial charge in [0.1, 0.15) is 5.75 Å². The molecule has 24 heavy (non-hydrogen) atoms. The van der Waals surface area contributed by atoms with Gasteiger partial charge in [0, 0.05) is 16.4 Å². The summed E-state index contributed by atoms with van der Waals surface area (Å²) in [6.07, 6.45) is 4.50. The van der Waals surface area contributed by atoms with Crippen LogP contribution in [0, 0.1) is 0 Å². The Morgan fingerprint density at radius 2 is 1.71 bits per heavy atom. The van der Waals surface area contributed by atoms with Gasteiger partial charge in [0.2, 0.25) is 0 Å². The zero-order chi connectivity index (χ0) is 17.1. The van der Waals surface area contributed by atoms with E-state index in [9.17, 15) is 15.0 Å². The van der Waals surface area contributed by atoms with Crippen molar-refractivity contribution in [2.24, 2.45) is 0 Å². The van der Waals surface area contributed by atoms with E-state index in [-0.39, 0.29) is 18.1 Å². The minimum atomic E-state index is -1.04. The Bertz CT molecular complexity index is 802. The van der Waals surface area contributed by atoms with E-state index in [1.807, 2.05) is 48.6 Å². The first-order valence-electron chi connectivity index (χ1n) is 7.70. The second-order valence-electron chi connectivity index (χ2n) is 5.77. The van der Waals surface area contributed by atoms with Crippen LogP contribution in [-0.4, -0.2) is 11.1 Å². The fourth-order valence-electron chi connectivity index (χ4n) is 3.03. The zero-order valence-corrected chi connectivity index (χ0v) is 14.5. The Morgan fingerprint density at radius 1 is 1.04 bits per heavy atom. The first kappa shape index (κ1) is 16.5. The number of aromatic hydroxyl groups is 1. The van der Waals surface area contributed by atoms with E-state index in [1.165, 1.54) is 0 Å². The van der Waals surface area contributed by atoms with Gasteiger partial charge in [-0.1, -0.05) is 57.9 Å². The van der Waals surface area contributed by atoms with E-state index in [2.05, 4.69) is 15.9 Å². The number of hydrogen-bond acceptors (Lipinski definition) is 3. The van der Waals surface area contributed by atoms with Crippen molar-refractivity contribution in [2.75, 3.05) is 0 Å². The summed E-state index contributed by atoms with van der Waals surface area (Å²) in [6.45, 7) is 0. The number of carboxylic acids is 1. The number of carbonyl (C=O) groups excluding carboxylic acids is 1. The lowest BCUT2D eigenvalue weighted by Crippen LogP contribution is -2.22. The van der Waals surface area contributed by atoms with E-state index in [0.717, 1.165) is 26.7 Å². The molecule has 2 aromatic carbocycles. The van der Waals surface area contributed by atoms with E-state index in [1.54, 1.807) is 12.1 Å². The Morgan fingerprint density at radius 3 is 2.33 bits per heavy atom. The molecule has 1 atom stereocenters. The van der Waals surface area contributed by atoms with Crippen LogP contribution in [0.25, 0.3) is 5.57 Å². The van der Waals surface area contributed by atoms with Gasteiger partial charge >= 0.3 is 0 Å². The third-order valence-electron chi connectivity index (χ3n) is 4.18. The van der Waals surface area contributed by atoms with Crippen LogP contribution >= 0.6 is 15.9 Å². The number of hydrogen-bond donors (Lipinski definition) is 1. The quantitative estimate of drug-likeness (QED) is 0.853. The molecular weight excluding hydrogens is 368 g/mol. The molecule has 2 aromatic rings. The molecule has 3 rings (SSSR count). The third kappa shape index (κ3) is 3.60. The Hall–Kier alpha value is -2.33. The second kappa shape index (κ2) is 7.05. The minimum Gasteiger partial charge on any atom is -0.550 e. The largest absolute Gasteiger partial charge is 0.550 e. The average molecular weight is 384 g/mol. The van der Waals surface area contributed by atoms with Crippen molar-refractivity contribution in [1.29, 1.82) is 0 Å². The number of aliphatic carboxylic acids is 1. The summed E-state index contributed by atoms with van der Waals surface area (Å²) in [5.41, 5.74) is 4.30. The molecule has 122 valence electrons. The van der Waals surface area contributed by atoms with Crippen molar-refractivity contribution in [3.63, 3.8) is 0 Å². The first-order chi connectivity index (χ1) is 11.5. The number of rotatable bonds is 5. The monoisotopic (exact) mass is 383 g/mol. The SMILES string of the molecule is O=C([O-])CCC1=CC=C(c2ccc(Br)cc2)[C@@H]1c1ccc(O)cc1. The molecule has 0 bridgehead atoms. The molecule has 1 N–H and O–H groups in total. The van der Waals surface area contributed by atoms with Gasteiger partial charge in [-0.15, -0.1) is 0 Å². The lowest BCUT2D eigenvalue weighted by Gasteiger charge is -2.21. The van der Waals surface area contributed by atoms with Crippen molar-refractivity contribution in [2.45, 2.75) is 18.8 Å². The van der Waals surface area contributed by atoms with Crippen LogP contribution in [0.5, 0.6) is 5.75 Å². The van der Waals surface area contributed by atoms with Gasteiger partial charge in [0.05, 0.1) is 0 Å². The highest BCUT2D eigenvalue weighted by Gasteiger charge is 2.25. The van der Waals surface area contributed by atoms with Crippen molar-refractivity contribution in [1.82, 2.24) is 0 Å². The van der Waals surface area contributed by atoms with Crippen molar-refractivity contribution >= 4 is 27.5 Å². The normalized spacial score (nSPS) is 16.6. The minimum absolute atomic E-state index is 0.00186. The average Bonchev–Trinajstić information content (AvgIpc) is 2.98. The number of phenolic OH excluding ortho intramolecular Hbond substituents is 1.